The summed E-state index contributed by atoms with van der Waals surface area (Å²) >= 11 is 0. The summed E-state index contributed by atoms with van der Waals surface area (Å²) in [5.74, 6) is -0.667. The summed E-state index contributed by atoms with van der Waals surface area (Å²) in [5.41, 5.74) is 1.84. The molecule has 0 saturated carbocycles. The first kappa shape index (κ1) is 26.2. The first-order valence-corrected chi connectivity index (χ1v) is 15.4. The first-order valence-electron chi connectivity index (χ1n) is 15.4. The minimum absolute atomic E-state index is 0.0149. The average molecular weight is 543 g/mol. The van der Waals surface area contributed by atoms with Gasteiger partial charge in [0.1, 0.15) is 17.6 Å². The van der Waals surface area contributed by atoms with Crippen molar-refractivity contribution in [2.45, 2.75) is 112 Å². The number of fused-ring (bicyclic) bond motifs is 5. The smallest absolute Gasteiger partial charge is 0.321 e. The molecule has 0 radical (unpaired) electrons. The van der Waals surface area contributed by atoms with E-state index in [1.165, 1.54) is 25.7 Å². The third-order valence-electron chi connectivity index (χ3n) is 11.2. The molecule has 7 rings (SSSR count). The topological polar surface area (TPSA) is 59.1 Å². The first-order chi connectivity index (χ1) is 19.4. The summed E-state index contributed by atoms with van der Waals surface area (Å²) in [6, 6.07) is 20.1. The molecule has 0 N–H and O–H groups in total. The number of nitrogens with zero attached hydrogens (tertiary/aromatic N) is 2. The van der Waals surface area contributed by atoms with Crippen LogP contribution in [0.1, 0.15) is 86.8 Å². The Hall–Kier alpha value is -2.70. The fourth-order valence-corrected chi connectivity index (χ4v) is 8.85. The Morgan fingerprint density at radius 3 is 1.82 bits per heavy atom. The maximum atomic E-state index is 14.4. The van der Waals surface area contributed by atoms with E-state index in [1.54, 1.807) is 0 Å². The molecule has 5 aliphatic rings. The van der Waals surface area contributed by atoms with Gasteiger partial charge in [-0.2, -0.15) is 0 Å². The standard InChI is InChI=1S/C34H42N2O4/c1-35-23-12-13-24(35)19-27(18-23)39-32(37)30-16-17-34(22-8-4-3-5-9-22,31-11-7-6-10-29(30)31)33(38)40-28-20-25-14-15-26(21-28)36(25)2/h3-11,23-28,30H,12-21H2,1-2H3/t23-,24+,25-,26-,27?,30+,34-/m0/s1. The van der Waals surface area contributed by atoms with E-state index in [-0.39, 0.29) is 30.1 Å². The van der Waals surface area contributed by atoms with E-state index in [2.05, 4.69) is 23.9 Å². The van der Waals surface area contributed by atoms with E-state index >= 15 is 0 Å². The molecule has 1 unspecified atom stereocenters. The highest BCUT2D eigenvalue weighted by Crippen LogP contribution is 2.49. The number of hydrogen-bond donors (Lipinski definition) is 0. The Kier molecular flexibility index (Phi) is 6.74. The minimum atomic E-state index is -0.927. The Bertz CT molecular complexity index is 1240. The van der Waals surface area contributed by atoms with Crippen molar-refractivity contribution in [2.24, 2.45) is 0 Å². The lowest BCUT2D eigenvalue weighted by Crippen LogP contribution is -2.48. The van der Waals surface area contributed by atoms with Crippen LogP contribution in [0.25, 0.3) is 0 Å². The zero-order chi connectivity index (χ0) is 27.4. The van der Waals surface area contributed by atoms with Gasteiger partial charge in [-0.15, -0.1) is 0 Å². The molecule has 4 saturated heterocycles. The maximum Gasteiger partial charge on any atom is 0.321 e. The molecular formula is C34H42N2O4. The molecule has 2 aromatic carbocycles. The van der Waals surface area contributed by atoms with E-state index < -0.39 is 5.41 Å². The van der Waals surface area contributed by atoms with Crippen LogP contribution in [0.2, 0.25) is 0 Å². The maximum absolute atomic E-state index is 14.4. The fourth-order valence-electron chi connectivity index (χ4n) is 8.85. The van der Waals surface area contributed by atoms with Gasteiger partial charge in [-0.1, -0.05) is 54.6 Å². The molecule has 2 aromatic rings. The van der Waals surface area contributed by atoms with Crippen molar-refractivity contribution in [1.82, 2.24) is 9.80 Å². The van der Waals surface area contributed by atoms with Crippen molar-refractivity contribution in [2.75, 3.05) is 14.1 Å². The lowest BCUT2D eigenvalue weighted by molar-refractivity contribution is -0.160. The second-order valence-corrected chi connectivity index (χ2v) is 13.1. The second kappa shape index (κ2) is 10.3. The molecule has 0 spiro atoms. The molecular weight excluding hydrogens is 500 g/mol. The monoisotopic (exact) mass is 542 g/mol. The number of ether oxygens (including phenoxy) is 2. The highest BCUT2D eigenvalue weighted by Gasteiger charge is 2.52. The molecule has 0 amide bonds. The lowest BCUT2D eigenvalue weighted by Gasteiger charge is -2.42. The van der Waals surface area contributed by atoms with E-state index in [1.807, 2.05) is 54.6 Å². The van der Waals surface area contributed by atoms with Crippen molar-refractivity contribution in [3.63, 3.8) is 0 Å². The SMILES string of the molecule is CN1[C@@H]2CC[C@H]1CC(OC(=O)[C@@H]1CC[C@](C(=O)OC3C[C@@H]4CC[C@@H](C3)N4C)(c3ccccc3)c3ccccc31)C2. The summed E-state index contributed by atoms with van der Waals surface area (Å²) in [5, 5.41) is 0. The van der Waals surface area contributed by atoms with Crippen LogP contribution in [0.4, 0.5) is 0 Å². The third-order valence-corrected chi connectivity index (χ3v) is 11.2. The summed E-state index contributed by atoms with van der Waals surface area (Å²) in [6.07, 6.45) is 9.44. The van der Waals surface area contributed by atoms with Crippen LogP contribution >= 0.6 is 0 Å². The number of carbonyl (C=O) groups is 2. The lowest BCUT2D eigenvalue weighted by atomic mass is 9.63. The van der Waals surface area contributed by atoms with Gasteiger partial charge in [0, 0.05) is 24.2 Å². The van der Waals surface area contributed by atoms with Crippen LogP contribution in [-0.4, -0.2) is 72.2 Å². The van der Waals surface area contributed by atoms with Gasteiger partial charge in [0.2, 0.25) is 0 Å². The second-order valence-electron chi connectivity index (χ2n) is 13.1. The van der Waals surface area contributed by atoms with E-state index in [9.17, 15) is 9.59 Å². The van der Waals surface area contributed by atoms with Gasteiger partial charge >= 0.3 is 11.9 Å². The van der Waals surface area contributed by atoms with E-state index in [4.69, 9.17) is 9.47 Å². The van der Waals surface area contributed by atoms with Crippen molar-refractivity contribution >= 4 is 11.9 Å². The molecule has 6 heteroatoms. The van der Waals surface area contributed by atoms with Crippen LogP contribution in [0.3, 0.4) is 0 Å². The highest BCUT2D eigenvalue weighted by molar-refractivity contribution is 5.91. The molecule has 7 atom stereocenters. The number of rotatable bonds is 5. The third kappa shape index (κ3) is 4.30. The van der Waals surface area contributed by atoms with Gasteiger partial charge < -0.3 is 19.3 Å². The van der Waals surface area contributed by atoms with Crippen molar-refractivity contribution in [3.8, 4) is 0 Å². The van der Waals surface area contributed by atoms with Crippen LogP contribution in [0, 0.1) is 0 Å². The van der Waals surface area contributed by atoms with Gasteiger partial charge in [-0.05, 0) is 95.0 Å². The molecule has 4 aliphatic heterocycles. The average Bonchev–Trinajstić information content (AvgIpc) is 3.28. The molecule has 0 aromatic heterocycles. The van der Waals surface area contributed by atoms with E-state index in [0.29, 0.717) is 37.0 Å². The summed E-state index contributed by atoms with van der Waals surface area (Å²) in [7, 11) is 4.41. The Morgan fingerprint density at radius 1 is 0.700 bits per heavy atom. The largest absolute Gasteiger partial charge is 0.462 e. The van der Waals surface area contributed by atoms with E-state index in [0.717, 1.165) is 42.4 Å². The molecule has 212 valence electrons. The quantitative estimate of drug-likeness (QED) is 0.485. The predicted octanol–water partition coefficient (Wildman–Crippen LogP) is 5.19. The van der Waals surface area contributed by atoms with Gasteiger partial charge in [0.15, 0.2) is 0 Å². The Morgan fingerprint density at radius 2 is 1.23 bits per heavy atom. The molecule has 1 aliphatic carbocycles. The number of carbonyl (C=O) groups excluding carboxylic acids is 2. The molecule has 4 fully saturated rings. The van der Waals surface area contributed by atoms with Crippen LogP contribution in [0.5, 0.6) is 0 Å². The van der Waals surface area contributed by atoms with Crippen LogP contribution < -0.4 is 0 Å². The van der Waals surface area contributed by atoms with Crippen LogP contribution in [0.15, 0.2) is 54.6 Å². The Balaban J connectivity index is 1.18. The zero-order valence-corrected chi connectivity index (χ0v) is 23.8. The minimum Gasteiger partial charge on any atom is -0.462 e. The normalized spacial score (nSPS) is 37.1. The molecule has 6 nitrogen and oxygen atoms in total. The van der Waals surface area contributed by atoms with Crippen molar-refractivity contribution in [3.05, 3.63) is 71.3 Å². The molecule has 4 bridgehead atoms. The van der Waals surface area contributed by atoms with Crippen molar-refractivity contribution < 1.29 is 19.1 Å². The van der Waals surface area contributed by atoms with Gasteiger partial charge in [0.25, 0.3) is 0 Å². The number of benzene rings is 2. The summed E-state index contributed by atoms with van der Waals surface area (Å²) in [6.45, 7) is 0. The highest BCUT2D eigenvalue weighted by atomic mass is 16.5. The van der Waals surface area contributed by atoms with Gasteiger partial charge in [0.05, 0.1) is 5.92 Å². The fraction of sp³-hybridized carbons (Fsp3) is 0.588. The predicted molar refractivity (Wildman–Crippen MR) is 153 cm³/mol. The van der Waals surface area contributed by atoms with Gasteiger partial charge in [-0.25, -0.2) is 0 Å². The summed E-state index contributed by atoms with van der Waals surface area (Å²) < 4.78 is 12.7. The number of hydrogen-bond acceptors (Lipinski definition) is 6. The van der Waals surface area contributed by atoms with Gasteiger partial charge in [-0.3, -0.25) is 9.59 Å². The van der Waals surface area contributed by atoms with Crippen LogP contribution in [-0.2, 0) is 24.5 Å². The number of piperidine rings is 2. The van der Waals surface area contributed by atoms with Crippen molar-refractivity contribution in [1.29, 1.82) is 0 Å². The molecule has 40 heavy (non-hydrogen) atoms. The molecule has 4 heterocycles. The number of esters is 2. The summed E-state index contributed by atoms with van der Waals surface area (Å²) in [4.78, 5) is 33.1. The Labute approximate surface area is 238 Å². The zero-order valence-electron chi connectivity index (χ0n) is 23.8.